The molecule has 1 aromatic carbocycles. The van der Waals surface area contributed by atoms with E-state index in [1.807, 2.05) is 36.4 Å². The Bertz CT molecular complexity index is 497. The van der Waals surface area contributed by atoms with Gasteiger partial charge in [-0.3, -0.25) is 9.59 Å². The first-order valence-corrected chi connectivity index (χ1v) is 5.79. The van der Waals surface area contributed by atoms with E-state index in [2.05, 4.69) is 5.32 Å². The molecule has 1 saturated heterocycles. The van der Waals surface area contributed by atoms with E-state index in [-0.39, 0.29) is 0 Å². The van der Waals surface area contributed by atoms with E-state index in [0.717, 1.165) is 11.3 Å². The molecule has 0 unspecified atom stereocenters. The number of hydrogen-bond donors (Lipinski definition) is 2. The Labute approximate surface area is 105 Å². The van der Waals surface area contributed by atoms with Crippen molar-refractivity contribution in [1.29, 1.82) is 0 Å². The van der Waals surface area contributed by atoms with Crippen molar-refractivity contribution in [2.24, 2.45) is 5.73 Å². The molecule has 1 aliphatic rings. The predicted octanol–water partition coefficient (Wildman–Crippen LogP) is 0.121. The summed E-state index contributed by atoms with van der Waals surface area (Å²) in [5.41, 5.74) is 7.04. The molecule has 1 aliphatic heterocycles. The van der Waals surface area contributed by atoms with Gasteiger partial charge in [-0.1, -0.05) is 30.4 Å². The van der Waals surface area contributed by atoms with Crippen LogP contribution in [0.3, 0.4) is 0 Å². The van der Waals surface area contributed by atoms with Crippen molar-refractivity contribution in [3.8, 4) is 0 Å². The van der Waals surface area contributed by atoms with Gasteiger partial charge in [0.25, 0.3) is 0 Å². The van der Waals surface area contributed by atoms with Gasteiger partial charge in [0.1, 0.15) is 0 Å². The molecule has 0 aliphatic carbocycles. The van der Waals surface area contributed by atoms with Crippen molar-refractivity contribution in [3.63, 3.8) is 0 Å². The lowest BCUT2D eigenvalue weighted by molar-refractivity contribution is -0.138. The predicted molar refractivity (Wildman–Crippen MR) is 69.9 cm³/mol. The Balaban J connectivity index is 2.35. The van der Waals surface area contributed by atoms with Crippen molar-refractivity contribution < 1.29 is 9.59 Å². The molecule has 18 heavy (non-hydrogen) atoms. The normalized spacial score (nSPS) is 16.2. The summed E-state index contributed by atoms with van der Waals surface area (Å²) in [6.45, 7) is 1.39. The average molecular weight is 245 g/mol. The van der Waals surface area contributed by atoms with E-state index in [1.54, 1.807) is 0 Å². The number of benzene rings is 1. The molecular weight excluding hydrogens is 230 g/mol. The molecule has 0 aromatic heterocycles. The number of nitrogens with zero attached hydrogens (tertiary/aromatic N) is 1. The number of amides is 2. The summed E-state index contributed by atoms with van der Waals surface area (Å²) in [7, 11) is 0. The first-order valence-electron chi connectivity index (χ1n) is 5.79. The van der Waals surface area contributed by atoms with E-state index >= 15 is 0 Å². The first kappa shape index (κ1) is 12.3. The fourth-order valence-corrected chi connectivity index (χ4v) is 1.88. The lowest BCUT2D eigenvalue weighted by Gasteiger charge is -2.27. The zero-order valence-electron chi connectivity index (χ0n) is 9.93. The lowest BCUT2D eigenvalue weighted by atomic mass is 10.1. The maximum atomic E-state index is 11.8. The molecule has 5 nitrogen and oxygen atoms in total. The fraction of sp³-hybridized carbons (Fsp3) is 0.231. The molecule has 94 valence electrons. The van der Waals surface area contributed by atoms with Gasteiger partial charge in [0.2, 0.25) is 0 Å². The van der Waals surface area contributed by atoms with Crippen LogP contribution in [0.4, 0.5) is 5.69 Å². The SMILES string of the molecule is NC/C=C/c1ccccc1N1CCNC(=O)C1=O. The topological polar surface area (TPSA) is 75.4 Å². The van der Waals surface area contributed by atoms with Gasteiger partial charge in [-0.15, -0.1) is 0 Å². The molecule has 0 atom stereocenters. The lowest BCUT2D eigenvalue weighted by Crippen LogP contribution is -2.52. The van der Waals surface area contributed by atoms with Gasteiger partial charge >= 0.3 is 11.8 Å². The van der Waals surface area contributed by atoms with Gasteiger partial charge in [-0.2, -0.15) is 0 Å². The molecule has 0 bridgehead atoms. The maximum absolute atomic E-state index is 11.8. The molecule has 0 spiro atoms. The Morgan fingerprint density at radius 3 is 2.89 bits per heavy atom. The first-order chi connectivity index (χ1) is 8.74. The zero-order chi connectivity index (χ0) is 13.0. The summed E-state index contributed by atoms with van der Waals surface area (Å²) in [6.07, 6.45) is 3.67. The van der Waals surface area contributed by atoms with Gasteiger partial charge < -0.3 is 16.0 Å². The molecule has 3 N–H and O–H groups in total. The van der Waals surface area contributed by atoms with Crippen LogP contribution in [0, 0.1) is 0 Å². The molecule has 1 aromatic rings. The number of piperazine rings is 1. The van der Waals surface area contributed by atoms with Crippen LogP contribution in [-0.4, -0.2) is 31.4 Å². The van der Waals surface area contributed by atoms with Crippen LogP contribution in [0.2, 0.25) is 0 Å². The highest BCUT2D eigenvalue weighted by molar-refractivity contribution is 6.41. The minimum absolute atomic E-state index is 0.433. The number of para-hydroxylation sites is 1. The molecule has 1 heterocycles. The van der Waals surface area contributed by atoms with Crippen molar-refractivity contribution in [2.75, 3.05) is 24.5 Å². The van der Waals surface area contributed by atoms with E-state index in [0.29, 0.717) is 19.6 Å². The summed E-state index contributed by atoms with van der Waals surface area (Å²) in [4.78, 5) is 24.7. The minimum Gasteiger partial charge on any atom is -0.346 e. The van der Waals surface area contributed by atoms with Crippen LogP contribution in [0.15, 0.2) is 30.3 Å². The third-order valence-corrected chi connectivity index (χ3v) is 2.72. The Morgan fingerprint density at radius 2 is 2.11 bits per heavy atom. The summed E-state index contributed by atoms with van der Waals surface area (Å²) < 4.78 is 0. The molecule has 5 heteroatoms. The van der Waals surface area contributed by atoms with E-state index < -0.39 is 11.8 Å². The quantitative estimate of drug-likeness (QED) is 0.743. The summed E-state index contributed by atoms with van der Waals surface area (Å²) in [6, 6.07) is 7.44. The second-order valence-corrected chi connectivity index (χ2v) is 3.91. The van der Waals surface area contributed by atoms with Crippen molar-refractivity contribution in [3.05, 3.63) is 35.9 Å². The van der Waals surface area contributed by atoms with Gasteiger partial charge in [-0.05, 0) is 11.6 Å². The highest BCUT2D eigenvalue weighted by atomic mass is 16.2. The summed E-state index contributed by atoms with van der Waals surface area (Å²) >= 11 is 0. The number of carbonyl (C=O) groups is 2. The van der Waals surface area contributed by atoms with Crippen LogP contribution in [0.1, 0.15) is 5.56 Å². The zero-order valence-corrected chi connectivity index (χ0v) is 9.93. The number of nitrogens with one attached hydrogen (secondary N) is 1. The Kier molecular flexibility index (Phi) is 3.74. The highest BCUT2D eigenvalue weighted by Gasteiger charge is 2.27. The van der Waals surface area contributed by atoms with Crippen molar-refractivity contribution in [2.45, 2.75) is 0 Å². The third-order valence-electron chi connectivity index (χ3n) is 2.72. The van der Waals surface area contributed by atoms with E-state index in [4.69, 9.17) is 5.73 Å². The van der Waals surface area contributed by atoms with Crippen LogP contribution in [0.25, 0.3) is 6.08 Å². The van der Waals surface area contributed by atoms with Crippen LogP contribution in [-0.2, 0) is 9.59 Å². The van der Waals surface area contributed by atoms with Crippen molar-refractivity contribution >= 4 is 23.6 Å². The van der Waals surface area contributed by atoms with E-state index in [9.17, 15) is 9.59 Å². The average Bonchev–Trinajstić information content (AvgIpc) is 2.40. The monoisotopic (exact) mass is 245 g/mol. The largest absolute Gasteiger partial charge is 0.346 e. The van der Waals surface area contributed by atoms with Gasteiger partial charge in [0.15, 0.2) is 0 Å². The number of rotatable bonds is 3. The molecular formula is C13H15N3O2. The third kappa shape index (κ3) is 2.41. The smallest absolute Gasteiger partial charge is 0.316 e. The maximum Gasteiger partial charge on any atom is 0.316 e. The second kappa shape index (κ2) is 5.46. The minimum atomic E-state index is -0.557. The molecule has 0 radical (unpaired) electrons. The van der Waals surface area contributed by atoms with Gasteiger partial charge in [-0.25, -0.2) is 0 Å². The summed E-state index contributed by atoms with van der Waals surface area (Å²) in [5.74, 6) is -1.08. The number of carbonyl (C=O) groups excluding carboxylic acids is 2. The van der Waals surface area contributed by atoms with Crippen molar-refractivity contribution in [1.82, 2.24) is 5.32 Å². The van der Waals surface area contributed by atoms with Crippen LogP contribution in [0.5, 0.6) is 0 Å². The number of nitrogens with two attached hydrogens (primary N) is 1. The summed E-state index contributed by atoms with van der Waals surface area (Å²) in [5, 5.41) is 2.53. The fourth-order valence-electron chi connectivity index (χ4n) is 1.88. The number of anilines is 1. The van der Waals surface area contributed by atoms with E-state index in [1.165, 1.54) is 4.90 Å². The standard InChI is InChI=1S/C13H15N3O2/c14-7-3-5-10-4-1-2-6-11(10)16-9-8-15-12(17)13(16)18/h1-6H,7-9,14H2,(H,15,17)/b5-3+. The van der Waals surface area contributed by atoms with Gasteiger partial charge in [0, 0.05) is 19.6 Å². The molecule has 0 saturated carbocycles. The van der Waals surface area contributed by atoms with Crippen LogP contribution < -0.4 is 16.0 Å². The molecule has 2 amide bonds. The molecule has 2 rings (SSSR count). The highest BCUT2D eigenvalue weighted by Crippen LogP contribution is 2.22. The molecule has 1 fully saturated rings. The number of hydrogen-bond acceptors (Lipinski definition) is 3. The van der Waals surface area contributed by atoms with Gasteiger partial charge in [0.05, 0.1) is 5.69 Å². The van der Waals surface area contributed by atoms with Crippen LogP contribution >= 0.6 is 0 Å². The Morgan fingerprint density at radius 1 is 1.33 bits per heavy atom. The second-order valence-electron chi connectivity index (χ2n) is 3.91. The Hall–Kier alpha value is -2.14.